The smallest absolute Gasteiger partial charge is 0.220 e. The zero-order valence-corrected chi connectivity index (χ0v) is 19.6. The van der Waals surface area contributed by atoms with Gasteiger partial charge in [-0.05, 0) is 17.5 Å². The number of amides is 1. The van der Waals surface area contributed by atoms with E-state index in [0.29, 0.717) is 19.6 Å². The van der Waals surface area contributed by atoms with E-state index >= 15 is 0 Å². The number of nitrogens with one attached hydrogen (secondary N) is 1. The first kappa shape index (κ1) is 25.1. The summed E-state index contributed by atoms with van der Waals surface area (Å²) in [6.07, 6.45) is -2.20. The van der Waals surface area contributed by atoms with Gasteiger partial charge in [-0.25, -0.2) is 0 Å². The SMILES string of the molecule is CO[C@H]1O[C@@H]2COC(c3ccccc3)O[C@H]2[C@H](OCc2ccccc2)[C@@H]1NC(=O)CCCN=[N+]=[N-]. The molecular weight excluding hydrogens is 452 g/mol. The van der Waals surface area contributed by atoms with Gasteiger partial charge in [0.25, 0.3) is 0 Å². The third-order valence-electron chi connectivity index (χ3n) is 5.98. The Kier molecular flexibility index (Phi) is 9.08. The van der Waals surface area contributed by atoms with Crippen LogP contribution in [0.25, 0.3) is 10.4 Å². The summed E-state index contributed by atoms with van der Waals surface area (Å²) in [5, 5.41) is 6.48. The van der Waals surface area contributed by atoms with Crippen molar-refractivity contribution in [3.8, 4) is 0 Å². The van der Waals surface area contributed by atoms with Crippen LogP contribution in [-0.2, 0) is 35.1 Å². The lowest BCUT2D eigenvalue weighted by molar-refractivity contribution is -0.346. The van der Waals surface area contributed by atoms with Crippen LogP contribution in [0.5, 0.6) is 0 Å². The second-order valence-electron chi connectivity index (χ2n) is 8.37. The van der Waals surface area contributed by atoms with Gasteiger partial charge >= 0.3 is 0 Å². The van der Waals surface area contributed by atoms with Crippen molar-refractivity contribution in [2.45, 2.75) is 56.4 Å². The molecule has 0 radical (unpaired) electrons. The average molecular weight is 483 g/mol. The molecule has 35 heavy (non-hydrogen) atoms. The highest BCUT2D eigenvalue weighted by atomic mass is 16.7. The molecule has 0 bridgehead atoms. The van der Waals surface area contributed by atoms with E-state index < -0.39 is 36.9 Å². The van der Waals surface area contributed by atoms with E-state index in [0.717, 1.165) is 11.1 Å². The fourth-order valence-corrected chi connectivity index (χ4v) is 4.28. The van der Waals surface area contributed by atoms with Gasteiger partial charge in [0, 0.05) is 30.6 Å². The van der Waals surface area contributed by atoms with Crippen molar-refractivity contribution in [1.29, 1.82) is 0 Å². The topological polar surface area (TPSA) is 124 Å². The van der Waals surface area contributed by atoms with E-state index in [9.17, 15) is 4.79 Å². The number of carbonyl (C=O) groups is 1. The summed E-state index contributed by atoms with van der Waals surface area (Å²) in [6.45, 7) is 0.868. The second-order valence-corrected chi connectivity index (χ2v) is 8.37. The van der Waals surface area contributed by atoms with E-state index in [1.165, 1.54) is 7.11 Å². The van der Waals surface area contributed by atoms with Gasteiger partial charge in [0.2, 0.25) is 5.91 Å². The number of methoxy groups -OCH3 is 1. The van der Waals surface area contributed by atoms with E-state index in [1.54, 1.807) is 0 Å². The molecule has 1 N–H and O–H groups in total. The lowest BCUT2D eigenvalue weighted by Gasteiger charge is -2.49. The molecule has 2 heterocycles. The molecule has 2 fully saturated rings. The largest absolute Gasteiger partial charge is 0.368 e. The first-order chi connectivity index (χ1) is 17.2. The monoisotopic (exact) mass is 482 g/mol. The van der Waals surface area contributed by atoms with Gasteiger partial charge in [0.1, 0.15) is 24.4 Å². The molecule has 6 atom stereocenters. The Morgan fingerprint density at radius 3 is 2.60 bits per heavy atom. The summed E-state index contributed by atoms with van der Waals surface area (Å²) in [5.41, 5.74) is 10.3. The van der Waals surface area contributed by atoms with Gasteiger partial charge in [0.15, 0.2) is 12.6 Å². The molecule has 2 saturated heterocycles. The van der Waals surface area contributed by atoms with Crippen LogP contribution in [0.1, 0.15) is 30.3 Å². The van der Waals surface area contributed by atoms with Crippen LogP contribution in [0.15, 0.2) is 65.8 Å². The van der Waals surface area contributed by atoms with Gasteiger partial charge in [-0.15, -0.1) is 0 Å². The third kappa shape index (κ3) is 6.58. The summed E-state index contributed by atoms with van der Waals surface area (Å²) in [4.78, 5) is 15.4. The van der Waals surface area contributed by atoms with Crippen molar-refractivity contribution in [3.05, 3.63) is 82.2 Å². The molecule has 0 aromatic heterocycles. The van der Waals surface area contributed by atoms with Crippen LogP contribution in [0.2, 0.25) is 0 Å². The standard InChI is InChI=1S/C25H30N4O6/c1-31-25-21(28-20(30)13-8-14-27-29-26)23(32-15-17-9-4-2-5-10-17)22-19(34-25)16-33-24(35-22)18-11-6-3-7-12-18/h2-7,9-12,19,21-25H,8,13-16H2,1H3,(H,28,30)/t19-,21+,22-,23-,24?,25+/m1/s1. The number of benzene rings is 2. The van der Waals surface area contributed by atoms with Gasteiger partial charge in [0.05, 0.1) is 13.2 Å². The number of hydrogen-bond acceptors (Lipinski definition) is 7. The summed E-state index contributed by atoms with van der Waals surface area (Å²) < 4.78 is 30.4. The van der Waals surface area contributed by atoms with Crippen molar-refractivity contribution in [3.63, 3.8) is 0 Å². The highest BCUT2D eigenvalue weighted by molar-refractivity contribution is 5.76. The number of carbonyl (C=O) groups excluding carboxylic acids is 1. The molecule has 0 spiro atoms. The molecule has 2 aromatic rings. The van der Waals surface area contributed by atoms with Gasteiger partial charge in [-0.2, -0.15) is 0 Å². The minimum Gasteiger partial charge on any atom is -0.368 e. The lowest BCUT2D eigenvalue weighted by atomic mass is 9.95. The molecule has 1 amide bonds. The second kappa shape index (κ2) is 12.6. The third-order valence-corrected chi connectivity index (χ3v) is 5.98. The number of rotatable bonds is 10. The Bertz CT molecular complexity index is 988. The zero-order valence-electron chi connectivity index (χ0n) is 19.6. The predicted molar refractivity (Wildman–Crippen MR) is 126 cm³/mol. The quantitative estimate of drug-likeness (QED) is 0.239. The maximum absolute atomic E-state index is 12.7. The molecule has 2 aromatic carbocycles. The number of fused-ring (bicyclic) bond motifs is 1. The van der Waals surface area contributed by atoms with Crippen LogP contribution in [0.4, 0.5) is 0 Å². The van der Waals surface area contributed by atoms with Crippen molar-refractivity contribution in [1.82, 2.24) is 5.32 Å². The molecule has 4 rings (SSSR count). The molecule has 2 aliphatic rings. The van der Waals surface area contributed by atoms with Crippen LogP contribution < -0.4 is 5.32 Å². The Hall–Kier alpha value is -2.98. The minimum absolute atomic E-state index is 0.196. The number of ether oxygens (including phenoxy) is 5. The average Bonchev–Trinajstić information content (AvgIpc) is 2.91. The van der Waals surface area contributed by atoms with Crippen molar-refractivity contribution in [2.75, 3.05) is 20.3 Å². The Morgan fingerprint density at radius 1 is 1.14 bits per heavy atom. The summed E-state index contributed by atoms with van der Waals surface area (Å²) >= 11 is 0. The highest BCUT2D eigenvalue weighted by Gasteiger charge is 2.51. The summed E-state index contributed by atoms with van der Waals surface area (Å²) in [7, 11) is 1.53. The molecular formula is C25H30N4O6. The van der Waals surface area contributed by atoms with Crippen molar-refractivity contribution >= 4 is 5.91 Å². The van der Waals surface area contributed by atoms with Crippen LogP contribution in [0, 0.1) is 0 Å². The molecule has 10 nitrogen and oxygen atoms in total. The van der Waals surface area contributed by atoms with Crippen LogP contribution in [0.3, 0.4) is 0 Å². The molecule has 10 heteroatoms. The fraction of sp³-hybridized carbons (Fsp3) is 0.480. The fourth-order valence-electron chi connectivity index (χ4n) is 4.28. The van der Waals surface area contributed by atoms with Crippen LogP contribution in [-0.4, -0.2) is 56.8 Å². The van der Waals surface area contributed by atoms with E-state index in [-0.39, 0.29) is 18.9 Å². The molecule has 186 valence electrons. The minimum atomic E-state index is -0.751. The molecule has 0 aliphatic carbocycles. The maximum Gasteiger partial charge on any atom is 0.220 e. The summed E-state index contributed by atoms with van der Waals surface area (Å²) in [6, 6.07) is 18.8. The van der Waals surface area contributed by atoms with E-state index in [1.807, 2.05) is 60.7 Å². The predicted octanol–water partition coefficient (Wildman–Crippen LogP) is 3.63. The van der Waals surface area contributed by atoms with Crippen molar-refractivity contribution < 1.29 is 28.5 Å². The number of hydrogen-bond donors (Lipinski definition) is 1. The number of nitrogens with zero attached hydrogens (tertiary/aromatic N) is 3. The Morgan fingerprint density at radius 2 is 1.89 bits per heavy atom. The molecule has 0 saturated carbocycles. The van der Waals surface area contributed by atoms with E-state index in [4.69, 9.17) is 29.2 Å². The summed E-state index contributed by atoms with van der Waals surface area (Å²) in [5.74, 6) is -0.216. The Labute approximate surface area is 204 Å². The molecule has 1 unspecified atom stereocenters. The highest BCUT2D eigenvalue weighted by Crippen LogP contribution is 2.36. The van der Waals surface area contributed by atoms with Crippen molar-refractivity contribution in [2.24, 2.45) is 5.11 Å². The normalized spacial score (nSPS) is 27.9. The first-order valence-corrected chi connectivity index (χ1v) is 11.7. The van der Waals surface area contributed by atoms with Crippen LogP contribution >= 0.6 is 0 Å². The lowest BCUT2D eigenvalue weighted by Crippen LogP contribution is -2.67. The van der Waals surface area contributed by atoms with Gasteiger partial charge < -0.3 is 29.0 Å². The Balaban J connectivity index is 1.54. The van der Waals surface area contributed by atoms with Gasteiger partial charge in [-0.3, -0.25) is 4.79 Å². The first-order valence-electron chi connectivity index (χ1n) is 11.7. The van der Waals surface area contributed by atoms with E-state index in [2.05, 4.69) is 15.3 Å². The maximum atomic E-state index is 12.7. The van der Waals surface area contributed by atoms with Gasteiger partial charge in [-0.1, -0.05) is 65.8 Å². The number of azide groups is 1. The molecule has 2 aliphatic heterocycles. The zero-order chi connectivity index (χ0) is 24.5.